The van der Waals surface area contributed by atoms with Crippen LogP contribution >= 0.6 is 22.9 Å². The number of carbonyl (C=O) groups excluding carboxylic acids is 1. The number of nitrogens with one attached hydrogen (secondary N) is 1. The van der Waals surface area contributed by atoms with Gasteiger partial charge in [0.15, 0.2) is 0 Å². The van der Waals surface area contributed by atoms with E-state index in [9.17, 15) is 4.79 Å². The molecule has 5 rings (SSSR count). The summed E-state index contributed by atoms with van der Waals surface area (Å²) in [5.41, 5.74) is 2.88. The van der Waals surface area contributed by atoms with Gasteiger partial charge in [-0.15, -0.1) is 11.3 Å². The van der Waals surface area contributed by atoms with Gasteiger partial charge in [-0.1, -0.05) is 35.9 Å². The average molecular weight is 535 g/mol. The number of ether oxygens (including phenoxy) is 1. The molecule has 1 amide bonds. The summed E-state index contributed by atoms with van der Waals surface area (Å²) < 4.78 is 7.03. The zero-order valence-electron chi connectivity index (χ0n) is 21.1. The van der Waals surface area contributed by atoms with Gasteiger partial charge >= 0.3 is 0 Å². The smallest absolute Gasteiger partial charge is 0.266 e. The van der Waals surface area contributed by atoms with E-state index in [1.807, 2.05) is 55.3 Å². The van der Waals surface area contributed by atoms with Crippen LogP contribution in [0.3, 0.4) is 0 Å². The van der Waals surface area contributed by atoms with Crippen LogP contribution in [0.1, 0.15) is 47.8 Å². The van der Waals surface area contributed by atoms with Crippen LogP contribution < -0.4 is 10.1 Å². The van der Waals surface area contributed by atoms with Crippen molar-refractivity contribution >= 4 is 38.9 Å². The van der Waals surface area contributed by atoms with Crippen LogP contribution in [0.25, 0.3) is 21.2 Å². The molecule has 0 radical (unpaired) electrons. The Kier molecular flexibility index (Phi) is 8.03. The molecule has 6 nitrogen and oxygen atoms in total. The fraction of sp³-hybridized carbons (Fsp3) is 0.345. The second-order valence-corrected chi connectivity index (χ2v) is 10.8. The van der Waals surface area contributed by atoms with Gasteiger partial charge in [-0.25, -0.2) is 9.97 Å². The number of fused-ring (bicyclic) bond motifs is 1. The van der Waals surface area contributed by atoms with E-state index < -0.39 is 0 Å². The highest BCUT2D eigenvalue weighted by molar-refractivity contribution is 7.21. The number of aromatic nitrogens is 2. The molecule has 1 saturated carbocycles. The van der Waals surface area contributed by atoms with Gasteiger partial charge in [0, 0.05) is 52.2 Å². The number of rotatable bonds is 8. The van der Waals surface area contributed by atoms with E-state index >= 15 is 0 Å². The summed E-state index contributed by atoms with van der Waals surface area (Å²) >= 11 is 8.26. The first-order valence-corrected chi connectivity index (χ1v) is 13.9. The van der Waals surface area contributed by atoms with E-state index in [0.29, 0.717) is 29.1 Å². The molecule has 1 fully saturated rings. The Morgan fingerprint density at radius 3 is 2.57 bits per heavy atom. The van der Waals surface area contributed by atoms with Gasteiger partial charge in [-0.2, -0.15) is 0 Å². The maximum Gasteiger partial charge on any atom is 0.266 e. The number of benzene rings is 2. The summed E-state index contributed by atoms with van der Waals surface area (Å²) in [7, 11) is 2.01. The van der Waals surface area contributed by atoms with Crippen molar-refractivity contribution in [2.24, 2.45) is 0 Å². The van der Waals surface area contributed by atoms with Gasteiger partial charge in [0.25, 0.3) is 5.91 Å². The van der Waals surface area contributed by atoms with Gasteiger partial charge in [0.05, 0.1) is 11.6 Å². The molecular weight excluding hydrogens is 504 g/mol. The van der Waals surface area contributed by atoms with Crippen molar-refractivity contribution in [3.8, 4) is 16.9 Å². The Hall–Kier alpha value is -3.00. The number of hydrogen-bond donors (Lipinski definition) is 1. The minimum absolute atomic E-state index is 0.0185. The minimum Gasteiger partial charge on any atom is -0.494 e. The summed E-state index contributed by atoms with van der Waals surface area (Å²) in [5.74, 6) is 0.766. The maximum atomic E-state index is 14.2. The van der Waals surface area contributed by atoms with Crippen LogP contribution in [0.15, 0.2) is 61.2 Å². The van der Waals surface area contributed by atoms with E-state index in [1.165, 1.54) is 17.7 Å². The summed E-state index contributed by atoms with van der Waals surface area (Å²) in [6.45, 7) is 2.96. The van der Waals surface area contributed by atoms with Crippen molar-refractivity contribution in [3.63, 3.8) is 0 Å². The Balaban J connectivity index is 1.53. The molecular formula is C29H31ClN4O2S. The quantitative estimate of drug-likeness (QED) is 0.276. The van der Waals surface area contributed by atoms with E-state index in [-0.39, 0.29) is 11.9 Å². The highest BCUT2D eigenvalue weighted by Gasteiger charge is 2.32. The van der Waals surface area contributed by atoms with E-state index in [2.05, 4.69) is 21.4 Å². The molecule has 2 heterocycles. The second kappa shape index (κ2) is 11.6. The predicted octanol–water partition coefficient (Wildman–Crippen LogP) is 6.58. The molecule has 1 aliphatic rings. The normalized spacial score (nSPS) is 17.6. The maximum absolute atomic E-state index is 14.2. The molecule has 0 atom stereocenters. The van der Waals surface area contributed by atoms with Crippen LogP contribution in [-0.4, -0.2) is 46.5 Å². The second-order valence-electron chi connectivity index (χ2n) is 9.35. The third-order valence-electron chi connectivity index (χ3n) is 7.13. The van der Waals surface area contributed by atoms with Crippen molar-refractivity contribution in [3.05, 3.63) is 76.6 Å². The average Bonchev–Trinajstić information content (AvgIpc) is 3.29. The van der Waals surface area contributed by atoms with Crippen LogP contribution in [0, 0.1) is 0 Å². The number of nitrogens with zero attached hydrogens (tertiary/aromatic N) is 3. The zero-order valence-corrected chi connectivity index (χ0v) is 22.7. The van der Waals surface area contributed by atoms with Gasteiger partial charge < -0.3 is 15.0 Å². The first kappa shape index (κ1) is 25.6. The van der Waals surface area contributed by atoms with Crippen molar-refractivity contribution in [1.29, 1.82) is 0 Å². The third kappa shape index (κ3) is 5.49. The van der Waals surface area contributed by atoms with Crippen molar-refractivity contribution < 1.29 is 9.53 Å². The molecule has 1 N–H and O–H groups in total. The SMILES string of the molecule is CCOc1ccc(-c2cncnc2)cc1CN(C(=O)c1sc2ccccc2c1Cl)C1CCC(NC)CC1. The van der Waals surface area contributed by atoms with Crippen LogP contribution in [0.2, 0.25) is 5.02 Å². The lowest BCUT2D eigenvalue weighted by Gasteiger charge is -2.37. The van der Waals surface area contributed by atoms with Crippen LogP contribution in [0.5, 0.6) is 5.75 Å². The topological polar surface area (TPSA) is 67.4 Å². The molecule has 2 aromatic heterocycles. The number of halogens is 1. The van der Waals surface area contributed by atoms with Gasteiger partial charge in [-0.3, -0.25) is 4.79 Å². The van der Waals surface area contributed by atoms with Crippen LogP contribution in [-0.2, 0) is 6.54 Å². The Bertz CT molecular complexity index is 1370. The third-order valence-corrected chi connectivity index (χ3v) is 8.79. The number of hydrogen-bond acceptors (Lipinski definition) is 6. The Morgan fingerprint density at radius 2 is 1.86 bits per heavy atom. The largest absolute Gasteiger partial charge is 0.494 e. The molecule has 0 bridgehead atoms. The molecule has 0 aliphatic heterocycles. The fourth-order valence-corrected chi connectivity index (χ4v) is 6.60. The zero-order chi connectivity index (χ0) is 25.8. The molecule has 0 unspecified atom stereocenters. The lowest BCUT2D eigenvalue weighted by atomic mass is 9.89. The lowest BCUT2D eigenvalue weighted by molar-refractivity contribution is 0.0604. The lowest BCUT2D eigenvalue weighted by Crippen LogP contribution is -2.44. The number of carbonyl (C=O) groups is 1. The molecule has 1 aliphatic carbocycles. The van der Waals surface area contributed by atoms with Crippen molar-refractivity contribution in [2.45, 2.75) is 51.2 Å². The number of amides is 1. The molecule has 0 spiro atoms. The van der Waals surface area contributed by atoms with E-state index in [1.54, 1.807) is 12.4 Å². The Morgan fingerprint density at radius 1 is 1.11 bits per heavy atom. The minimum atomic E-state index is -0.0185. The van der Waals surface area contributed by atoms with Gasteiger partial charge in [-0.05, 0) is 63.4 Å². The summed E-state index contributed by atoms with van der Waals surface area (Å²) in [5, 5.41) is 4.87. The molecule has 4 aromatic rings. The summed E-state index contributed by atoms with van der Waals surface area (Å²) in [4.78, 5) is 25.2. The monoisotopic (exact) mass is 534 g/mol. The molecule has 0 saturated heterocycles. The highest BCUT2D eigenvalue weighted by atomic mass is 35.5. The van der Waals surface area contributed by atoms with E-state index in [4.69, 9.17) is 16.3 Å². The molecule has 2 aromatic carbocycles. The number of thiophene rings is 1. The molecule has 37 heavy (non-hydrogen) atoms. The highest BCUT2D eigenvalue weighted by Crippen LogP contribution is 2.38. The first-order chi connectivity index (χ1) is 18.1. The predicted molar refractivity (Wildman–Crippen MR) is 150 cm³/mol. The van der Waals surface area contributed by atoms with Gasteiger partial charge in [0.1, 0.15) is 17.0 Å². The van der Waals surface area contributed by atoms with Gasteiger partial charge in [0.2, 0.25) is 0 Å². The molecule has 8 heteroatoms. The van der Waals surface area contributed by atoms with Crippen molar-refractivity contribution in [1.82, 2.24) is 20.2 Å². The summed E-state index contributed by atoms with van der Waals surface area (Å²) in [6, 6.07) is 14.6. The standard InChI is InChI=1S/C29H31ClN4O2S/c1-3-36-25-13-8-19(21-15-32-18-33-16-21)14-20(25)17-34(23-11-9-22(31-2)10-12-23)29(35)28-27(30)24-6-4-5-7-26(24)37-28/h4-8,13-16,18,22-23,31H,3,9-12,17H2,1-2H3. The van der Waals surface area contributed by atoms with Crippen LogP contribution in [0.4, 0.5) is 0 Å². The fourth-order valence-electron chi connectivity index (χ4n) is 5.14. The molecule has 192 valence electrons. The van der Waals surface area contributed by atoms with Crippen molar-refractivity contribution in [2.75, 3.05) is 13.7 Å². The Labute approximate surface area is 226 Å². The first-order valence-electron chi connectivity index (χ1n) is 12.8. The van der Waals surface area contributed by atoms with E-state index in [0.717, 1.165) is 58.2 Å². The summed E-state index contributed by atoms with van der Waals surface area (Å²) in [6.07, 6.45) is 9.06.